The van der Waals surface area contributed by atoms with Crippen LogP contribution >= 0.6 is 0 Å². The van der Waals surface area contributed by atoms with Crippen molar-refractivity contribution in [2.45, 2.75) is 45.2 Å². The Morgan fingerprint density at radius 3 is 2.39 bits per heavy atom. The highest BCUT2D eigenvalue weighted by molar-refractivity contribution is 5.24. The number of nitrogens with zero attached hydrogens (tertiary/aromatic N) is 1. The smallest absolute Gasteiger partial charge is 0.0294 e. The van der Waals surface area contributed by atoms with Crippen molar-refractivity contribution in [3.8, 4) is 0 Å². The highest BCUT2D eigenvalue weighted by atomic mass is 15.1. The van der Waals surface area contributed by atoms with Crippen molar-refractivity contribution in [3.63, 3.8) is 0 Å². The molecule has 1 unspecified atom stereocenters. The van der Waals surface area contributed by atoms with Crippen LogP contribution in [-0.2, 0) is 6.42 Å². The summed E-state index contributed by atoms with van der Waals surface area (Å²) in [6.45, 7) is 6.92. The van der Waals surface area contributed by atoms with E-state index < -0.39 is 0 Å². The van der Waals surface area contributed by atoms with Gasteiger partial charge in [-0.1, -0.05) is 31.2 Å². The summed E-state index contributed by atoms with van der Waals surface area (Å²) in [4.78, 5) is 2.42. The van der Waals surface area contributed by atoms with Crippen molar-refractivity contribution < 1.29 is 0 Å². The molecule has 0 amide bonds. The quantitative estimate of drug-likeness (QED) is 0.878. The van der Waals surface area contributed by atoms with E-state index in [0.29, 0.717) is 12.1 Å². The van der Waals surface area contributed by atoms with Crippen LogP contribution in [0.4, 0.5) is 0 Å². The summed E-state index contributed by atoms with van der Waals surface area (Å²) in [6.07, 6.45) is 3.67. The first-order valence-corrected chi connectivity index (χ1v) is 7.22. The molecule has 1 saturated heterocycles. The molecule has 2 rings (SSSR count). The van der Waals surface area contributed by atoms with E-state index in [2.05, 4.69) is 55.4 Å². The Morgan fingerprint density at radius 1 is 1.22 bits per heavy atom. The van der Waals surface area contributed by atoms with Gasteiger partial charge in [-0.25, -0.2) is 0 Å². The molecule has 0 aromatic heterocycles. The Labute approximate surface area is 111 Å². The Morgan fingerprint density at radius 2 is 1.83 bits per heavy atom. The van der Waals surface area contributed by atoms with Gasteiger partial charge in [0.15, 0.2) is 0 Å². The number of likely N-dealkylation sites (tertiary alicyclic amines) is 1. The second-order valence-electron chi connectivity index (χ2n) is 5.56. The summed E-state index contributed by atoms with van der Waals surface area (Å²) >= 11 is 0. The zero-order valence-electron chi connectivity index (χ0n) is 11.9. The van der Waals surface area contributed by atoms with Crippen LogP contribution in [0.2, 0.25) is 0 Å². The SMILES string of the molecule is CCc1ccc(C(C)NC2CCN(C)CC2)cc1. The molecule has 0 aliphatic carbocycles. The molecular weight excluding hydrogens is 220 g/mol. The molecule has 0 radical (unpaired) electrons. The standard InChI is InChI=1S/C16H26N2/c1-4-14-5-7-15(8-6-14)13(2)17-16-9-11-18(3)12-10-16/h5-8,13,16-17H,4,9-12H2,1-3H3. The van der Waals surface area contributed by atoms with Crippen LogP contribution in [0.1, 0.15) is 43.9 Å². The average molecular weight is 246 g/mol. The molecule has 2 heteroatoms. The van der Waals surface area contributed by atoms with Crippen LogP contribution in [0, 0.1) is 0 Å². The number of hydrogen-bond acceptors (Lipinski definition) is 2. The predicted octanol–water partition coefficient (Wildman–Crippen LogP) is 2.99. The van der Waals surface area contributed by atoms with Crippen molar-refractivity contribution in [1.29, 1.82) is 0 Å². The van der Waals surface area contributed by atoms with Crippen LogP contribution in [0.3, 0.4) is 0 Å². The molecule has 1 N–H and O–H groups in total. The summed E-state index contributed by atoms with van der Waals surface area (Å²) in [5.74, 6) is 0. The van der Waals surface area contributed by atoms with E-state index >= 15 is 0 Å². The minimum atomic E-state index is 0.462. The van der Waals surface area contributed by atoms with E-state index in [-0.39, 0.29) is 0 Å². The Hall–Kier alpha value is -0.860. The zero-order valence-corrected chi connectivity index (χ0v) is 11.9. The largest absolute Gasteiger partial charge is 0.307 e. The fourth-order valence-electron chi connectivity index (χ4n) is 2.67. The fourth-order valence-corrected chi connectivity index (χ4v) is 2.67. The fraction of sp³-hybridized carbons (Fsp3) is 0.625. The number of rotatable bonds is 4. The predicted molar refractivity (Wildman–Crippen MR) is 77.9 cm³/mol. The van der Waals surface area contributed by atoms with E-state index in [4.69, 9.17) is 0 Å². The normalized spacial score (nSPS) is 19.9. The second-order valence-corrected chi connectivity index (χ2v) is 5.56. The highest BCUT2D eigenvalue weighted by Gasteiger charge is 2.18. The lowest BCUT2D eigenvalue weighted by atomic mass is 10.0. The van der Waals surface area contributed by atoms with Gasteiger partial charge >= 0.3 is 0 Å². The van der Waals surface area contributed by atoms with Gasteiger partial charge in [0.05, 0.1) is 0 Å². The van der Waals surface area contributed by atoms with Crippen LogP contribution in [-0.4, -0.2) is 31.1 Å². The summed E-state index contributed by atoms with van der Waals surface area (Å²) < 4.78 is 0. The van der Waals surface area contributed by atoms with E-state index in [1.807, 2.05) is 0 Å². The minimum absolute atomic E-state index is 0.462. The first-order valence-electron chi connectivity index (χ1n) is 7.22. The van der Waals surface area contributed by atoms with Crippen LogP contribution in [0.15, 0.2) is 24.3 Å². The van der Waals surface area contributed by atoms with Crippen molar-refractivity contribution in [3.05, 3.63) is 35.4 Å². The first kappa shape index (κ1) is 13.6. The van der Waals surface area contributed by atoms with Crippen molar-refractivity contribution in [2.75, 3.05) is 20.1 Å². The lowest BCUT2D eigenvalue weighted by Gasteiger charge is -2.31. The molecule has 2 nitrogen and oxygen atoms in total. The van der Waals surface area contributed by atoms with Gasteiger partial charge < -0.3 is 10.2 Å². The second kappa shape index (κ2) is 6.35. The molecule has 1 atom stereocenters. The molecule has 1 aromatic carbocycles. The first-order chi connectivity index (χ1) is 8.69. The summed E-state index contributed by atoms with van der Waals surface area (Å²) in [6, 6.07) is 10.2. The molecule has 100 valence electrons. The van der Waals surface area contributed by atoms with Crippen LogP contribution < -0.4 is 5.32 Å². The van der Waals surface area contributed by atoms with E-state index in [1.54, 1.807) is 0 Å². The molecule has 1 aliphatic heterocycles. The lowest BCUT2D eigenvalue weighted by Crippen LogP contribution is -2.41. The highest BCUT2D eigenvalue weighted by Crippen LogP contribution is 2.17. The van der Waals surface area contributed by atoms with Gasteiger partial charge in [0.1, 0.15) is 0 Å². The molecule has 0 spiro atoms. The summed E-state index contributed by atoms with van der Waals surface area (Å²) in [7, 11) is 2.21. The zero-order chi connectivity index (χ0) is 13.0. The number of nitrogens with one attached hydrogen (secondary N) is 1. The third kappa shape index (κ3) is 3.56. The Bertz CT molecular complexity index is 350. The van der Waals surface area contributed by atoms with E-state index in [1.165, 1.54) is 37.1 Å². The average Bonchev–Trinajstić information content (AvgIpc) is 2.41. The Balaban J connectivity index is 1.88. The third-order valence-corrected chi connectivity index (χ3v) is 4.09. The third-order valence-electron chi connectivity index (χ3n) is 4.09. The van der Waals surface area contributed by atoms with Gasteiger partial charge in [0.2, 0.25) is 0 Å². The van der Waals surface area contributed by atoms with Gasteiger partial charge in [-0.3, -0.25) is 0 Å². The molecule has 0 bridgehead atoms. The molecule has 0 saturated carbocycles. The molecule has 1 aliphatic rings. The van der Waals surface area contributed by atoms with Crippen molar-refractivity contribution in [1.82, 2.24) is 10.2 Å². The molecule has 1 heterocycles. The topological polar surface area (TPSA) is 15.3 Å². The van der Waals surface area contributed by atoms with Gasteiger partial charge in [-0.2, -0.15) is 0 Å². The monoisotopic (exact) mass is 246 g/mol. The van der Waals surface area contributed by atoms with Crippen LogP contribution in [0.25, 0.3) is 0 Å². The van der Waals surface area contributed by atoms with Gasteiger partial charge in [0.25, 0.3) is 0 Å². The number of benzene rings is 1. The Kier molecular flexibility index (Phi) is 4.79. The molecule has 18 heavy (non-hydrogen) atoms. The van der Waals surface area contributed by atoms with Gasteiger partial charge in [-0.15, -0.1) is 0 Å². The van der Waals surface area contributed by atoms with E-state index in [9.17, 15) is 0 Å². The maximum Gasteiger partial charge on any atom is 0.0294 e. The summed E-state index contributed by atoms with van der Waals surface area (Å²) in [5.41, 5.74) is 2.83. The van der Waals surface area contributed by atoms with Gasteiger partial charge in [-0.05, 0) is 57.5 Å². The molecule has 1 fully saturated rings. The van der Waals surface area contributed by atoms with Crippen molar-refractivity contribution >= 4 is 0 Å². The number of aryl methyl sites for hydroxylation is 1. The maximum atomic E-state index is 3.77. The summed E-state index contributed by atoms with van der Waals surface area (Å²) in [5, 5.41) is 3.77. The lowest BCUT2D eigenvalue weighted by molar-refractivity contribution is 0.226. The van der Waals surface area contributed by atoms with Crippen LogP contribution in [0.5, 0.6) is 0 Å². The van der Waals surface area contributed by atoms with E-state index in [0.717, 1.165) is 6.42 Å². The minimum Gasteiger partial charge on any atom is -0.307 e. The van der Waals surface area contributed by atoms with Crippen molar-refractivity contribution in [2.24, 2.45) is 0 Å². The molecule has 1 aromatic rings. The maximum absolute atomic E-state index is 3.77. The number of hydrogen-bond donors (Lipinski definition) is 1. The molecular formula is C16H26N2. The van der Waals surface area contributed by atoms with Gasteiger partial charge in [0, 0.05) is 12.1 Å². The number of piperidine rings is 1.